The molecule has 0 radical (unpaired) electrons. The van der Waals surface area contributed by atoms with Crippen molar-refractivity contribution >= 4 is 0 Å². The molecule has 1 nitrogen and oxygen atoms in total. The van der Waals surface area contributed by atoms with Crippen LogP contribution >= 0.6 is 0 Å². The molecule has 0 aromatic heterocycles. The highest BCUT2D eigenvalue weighted by atomic mass is 19.4. The minimum absolute atomic E-state index is 0.136. The van der Waals surface area contributed by atoms with Gasteiger partial charge in [0.1, 0.15) is 0 Å². The third-order valence-electron chi connectivity index (χ3n) is 2.62. The molecule has 14 heavy (non-hydrogen) atoms. The Balaban J connectivity index is 2.48. The van der Waals surface area contributed by atoms with Gasteiger partial charge in [0.25, 0.3) is 0 Å². The molecule has 76 valence electrons. The Hall–Kier alpha value is -1.03. The molecule has 2 rings (SSSR count). The SMILES string of the molecule is CNC1Cc2cccc(C(F)(F)F)c21. The van der Waals surface area contributed by atoms with E-state index in [9.17, 15) is 13.2 Å². The first-order valence-corrected chi connectivity index (χ1v) is 4.40. The maximum Gasteiger partial charge on any atom is 0.416 e. The molecule has 0 aliphatic heterocycles. The average molecular weight is 201 g/mol. The van der Waals surface area contributed by atoms with Crippen molar-refractivity contribution in [2.45, 2.75) is 18.6 Å². The second kappa shape index (κ2) is 2.98. The van der Waals surface area contributed by atoms with Crippen LogP contribution < -0.4 is 5.32 Å². The normalized spacial score (nSPS) is 20.1. The van der Waals surface area contributed by atoms with Crippen molar-refractivity contribution in [3.05, 3.63) is 34.9 Å². The van der Waals surface area contributed by atoms with E-state index >= 15 is 0 Å². The van der Waals surface area contributed by atoms with Crippen LogP contribution in [0.3, 0.4) is 0 Å². The fourth-order valence-corrected chi connectivity index (χ4v) is 1.89. The number of nitrogens with one attached hydrogen (secondary N) is 1. The van der Waals surface area contributed by atoms with Crippen molar-refractivity contribution < 1.29 is 13.2 Å². The van der Waals surface area contributed by atoms with E-state index in [1.165, 1.54) is 6.07 Å². The molecule has 1 atom stereocenters. The summed E-state index contributed by atoms with van der Waals surface area (Å²) in [6.45, 7) is 0. The Kier molecular flexibility index (Phi) is 2.03. The van der Waals surface area contributed by atoms with Gasteiger partial charge in [0, 0.05) is 6.04 Å². The predicted molar refractivity (Wildman–Crippen MR) is 46.9 cm³/mol. The summed E-state index contributed by atoms with van der Waals surface area (Å²) in [6.07, 6.45) is -3.55. The average Bonchev–Trinajstić information content (AvgIpc) is 2.05. The number of hydrogen-bond donors (Lipinski definition) is 1. The second-order valence-electron chi connectivity index (χ2n) is 3.42. The van der Waals surface area contributed by atoms with E-state index < -0.39 is 11.7 Å². The van der Waals surface area contributed by atoms with Crippen LogP contribution in [0.25, 0.3) is 0 Å². The van der Waals surface area contributed by atoms with Crippen molar-refractivity contribution in [2.75, 3.05) is 7.05 Å². The van der Waals surface area contributed by atoms with E-state index in [4.69, 9.17) is 0 Å². The smallest absolute Gasteiger partial charge is 0.313 e. The molecule has 0 bridgehead atoms. The molecule has 1 aromatic rings. The zero-order valence-corrected chi connectivity index (χ0v) is 7.65. The predicted octanol–water partition coefficient (Wildman–Crippen LogP) is 2.52. The van der Waals surface area contributed by atoms with Gasteiger partial charge in [0.15, 0.2) is 0 Å². The molecule has 0 saturated heterocycles. The number of rotatable bonds is 1. The van der Waals surface area contributed by atoms with Crippen molar-refractivity contribution in [1.29, 1.82) is 0 Å². The van der Waals surface area contributed by atoms with Crippen LogP contribution in [-0.4, -0.2) is 7.05 Å². The standard InChI is InChI=1S/C10H10F3N/c1-14-8-5-6-3-2-4-7(9(6)8)10(11,12)13/h2-4,8,14H,5H2,1H3. The second-order valence-corrected chi connectivity index (χ2v) is 3.42. The number of hydrogen-bond acceptors (Lipinski definition) is 1. The van der Waals surface area contributed by atoms with E-state index in [-0.39, 0.29) is 6.04 Å². The minimum Gasteiger partial charge on any atom is -0.313 e. The first-order chi connectivity index (χ1) is 6.54. The summed E-state index contributed by atoms with van der Waals surface area (Å²) in [5, 5.41) is 2.87. The lowest BCUT2D eigenvalue weighted by molar-refractivity contribution is -0.138. The molecule has 0 heterocycles. The Morgan fingerprint density at radius 1 is 1.36 bits per heavy atom. The molecular weight excluding hydrogens is 191 g/mol. The van der Waals surface area contributed by atoms with Crippen LogP contribution in [0.1, 0.15) is 22.7 Å². The summed E-state index contributed by atoms with van der Waals surface area (Å²) in [5.41, 5.74) is 0.724. The third-order valence-corrected chi connectivity index (χ3v) is 2.62. The lowest BCUT2D eigenvalue weighted by atomic mass is 9.80. The molecule has 1 unspecified atom stereocenters. The Morgan fingerprint density at radius 2 is 2.07 bits per heavy atom. The lowest BCUT2D eigenvalue weighted by Crippen LogP contribution is -2.31. The molecule has 0 saturated carbocycles. The number of benzene rings is 1. The summed E-state index contributed by atoms with van der Waals surface area (Å²) in [5.74, 6) is 0. The Bertz CT molecular complexity index is 357. The monoisotopic (exact) mass is 201 g/mol. The Labute approximate surface area is 79.9 Å². The van der Waals surface area contributed by atoms with Gasteiger partial charge in [-0.3, -0.25) is 0 Å². The van der Waals surface area contributed by atoms with Gasteiger partial charge >= 0.3 is 6.18 Å². The highest BCUT2D eigenvalue weighted by Gasteiger charge is 2.39. The highest BCUT2D eigenvalue weighted by molar-refractivity contribution is 5.46. The van der Waals surface area contributed by atoms with Crippen molar-refractivity contribution in [1.82, 2.24) is 5.32 Å². The van der Waals surface area contributed by atoms with E-state index in [0.717, 1.165) is 11.6 Å². The minimum atomic E-state index is -4.24. The van der Waals surface area contributed by atoms with Crippen LogP contribution in [-0.2, 0) is 12.6 Å². The number of halogens is 3. The highest BCUT2D eigenvalue weighted by Crippen LogP contribution is 2.42. The number of alkyl halides is 3. The van der Waals surface area contributed by atoms with Gasteiger partial charge in [-0.15, -0.1) is 0 Å². The maximum absolute atomic E-state index is 12.5. The quantitative estimate of drug-likeness (QED) is 0.736. The molecule has 0 amide bonds. The van der Waals surface area contributed by atoms with E-state index in [2.05, 4.69) is 5.32 Å². The van der Waals surface area contributed by atoms with Crippen LogP contribution in [0.2, 0.25) is 0 Å². The zero-order valence-electron chi connectivity index (χ0n) is 7.65. The van der Waals surface area contributed by atoms with E-state index in [1.807, 2.05) is 0 Å². The first-order valence-electron chi connectivity index (χ1n) is 4.40. The fourth-order valence-electron chi connectivity index (χ4n) is 1.89. The van der Waals surface area contributed by atoms with Gasteiger partial charge in [0.05, 0.1) is 5.56 Å². The molecule has 1 aliphatic carbocycles. The largest absolute Gasteiger partial charge is 0.416 e. The molecule has 1 N–H and O–H groups in total. The summed E-state index contributed by atoms with van der Waals surface area (Å²) in [4.78, 5) is 0. The van der Waals surface area contributed by atoms with Crippen LogP contribution in [0.15, 0.2) is 18.2 Å². The van der Waals surface area contributed by atoms with Crippen LogP contribution in [0.4, 0.5) is 13.2 Å². The van der Waals surface area contributed by atoms with Crippen LogP contribution in [0.5, 0.6) is 0 Å². The van der Waals surface area contributed by atoms with Crippen LogP contribution in [0, 0.1) is 0 Å². The summed E-state index contributed by atoms with van der Waals surface area (Å²) < 4.78 is 37.6. The van der Waals surface area contributed by atoms with Gasteiger partial charge in [-0.25, -0.2) is 0 Å². The van der Waals surface area contributed by atoms with Gasteiger partial charge in [0.2, 0.25) is 0 Å². The number of likely N-dealkylation sites (N-methyl/N-ethyl adjacent to an activating group) is 1. The number of fused-ring (bicyclic) bond motifs is 1. The Morgan fingerprint density at radius 3 is 2.64 bits per heavy atom. The van der Waals surface area contributed by atoms with E-state index in [0.29, 0.717) is 12.0 Å². The maximum atomic E-state index is 12.5. The van der Waals surface area contributed by atoms with Crippen molar-refractivity contribution in [3.8, 4) is 0 Å². The topological polar surface area (TPSA) is 12.0 Å². The summed E-state index contributed by atoms with van der Waals surface area (Å²) in [6, 6.07) is 4.22. The van der Waals surface area contributed by atoms with Gasteiger partial charge in [-0.2, -0.15) is 13.2 Å². The third kappa shape index (κ3) is 1.30. The van der Waals surface area contributed by atoms with E-state index in [1.54, 1.807) is 13.1 Å². The molecule has 1 aliphatic rings. The van der Waals surface area contributed by atoms with Gasteiger partial charge in [-0.1, -0.05) is 12.1 Å². The molecule has 0 spiro atoms. The van der Waals surface area contributed by atoms with Gasteiger partial charge in [-0.05, 0) is 30.7 Å². The van der Waals surface area contributed by atoms with Gasteiger partial charge < -0.3 is 5.32 Å². The summed E-state index contributed by atoms with van der Waals surface area (Å²) >= 11 is 0. The fraction of sp³-hybridized carbons (Fsp3) is 0.400. The zero-order chi connectivity index (χ0) is 10.3. The summed E-state index contributed by atoms with van der Waals surface area (Å²) in [7, 11) is 1.68. The molecule has 1 aromatic carbocycles. The molecule has 0 fully saturated rings. The lowest BCUT2D eigenvalue weighted by Gasteiger charge is -2.32. The van der Waals surface area contributed by atoms with Crippen molar-refractivity contribution in [2.24, 2.45) is 0 Å². The first kappa shape index (κ1) is 9.52. The molecule has 4 heteroatoms. The molecular formula is C10H10F3N. The van der Waals surface area contributed by atoms with Crippen molar-refractivity contribution in [3.63, 3.8) is 0 Å².